The quantitative estimate of drug-likeness (QED) is 0.564. The molecule has 4 rings (SSSR count). The number of rotatable bonds is 5. The van der Waals surface area contributed by atoms with Gasteiger partial charge in [0, 0.05) is 35.1 Å². The van der Waals surface area contributed by atoms with Crippen LogP contribution in [-0.4, -0.2) is 25.4 Å². The van der Waals surface area contributed by atoms with Crippen LogP contribution >= 0.6 is 0 Å². The fraction of sp³-hybridized carbons (Fsp3) is 0.105. The monoisotopic (exact) mass is 367 g/mol. The third kappa shape index (κ3) is 3.17. The van der Waals surface area contributed by atoms with Crippen LogP contribution in [0.4, 0.5) is 8.78 Å². The predicted octanol–water partition coefficient (Wildman–Crippen LogP) is 3.75. The van der Waals surface area contributed by atoms with Gasteiger partial charge in [-0.1, -0.05) is 24.3 Å². The van der Waals surface area contributed by atoms with Gasteiger partial charge in [0.05, 0.1) is 12.4 Å². The van der Waals surface area contributed by atoms with E-state index in [0.29, 0.717) is 16.9 Å². The Kier molecular flexibility index (Phi) is 4.37. The zero-order valence-corrected chi connectivity index (χ0v) is 14.1. The molecule has 4 aromatic rings. The van der Waals surface area contributed by atoms with E-state index in [0.717, 1.165) is 5.39 Å². The first-order valence-corrected chi connectivity index (χ1v) is 8.24. The average molecular weight is 367 g/mol. The lowest BCUT2D eigenvalue weighted by Crippen LogP contribution is -2.27. The summed E-state index contributed by atoms with van der Waals surface area (Å²) in [6.07, 6.45) is 2.03. The molecule has 0 aliphatic carbocycles. The van der Waals surface area contributed by atoms with Crippen molar-refractivity contribution in [3.8, 4) is 11.3 Å². The molecule has 0 aliphatic heterocycles. The van der Waals surface area contributed by atoms with Crippen molar-refractivity contribution < 1.29 is 13.6 Å². The molecule has 0 bridgehead atoms. The Labute approximate surface area is 152 Å². The number of pyridine rings is 1. The lowest BCUT2D eigenvalue weighted by atomic mass is 10.0. The number of benzene rings is 1. The van der Waals surface area contributed by atoms with Gasteiger partial charge in [0.1, 0.15) is 5.65 Å². The summed E-state index contributed by atoms with van der Waals surface area (Å²) in [4.78, 5) is 23.2. The lowest BCUT2D eigenvalue weighted by Gasteiger charge is -2.14. The molecule has 0 atom stereocenters. The Morgan fingerprint density at radius 1 is 1.15 bits per heavy atom. The van der Waals surface area contributed by atoms with Crippen molar-refractivity contribution in [1.82, 2.24) is 24.8 Å². The summed E-state index contributed by atoms with van der Waals surface area (Å²) in [6.45, 7) is 0.0625. The lowest BCUT2D eigenvalue weighted by molar-refractivity contribution is 0.0933. The standard InChI is InChI=1S/C19H15F2N5O/c20-16(21)14-6-2-1-5-13(14)15-10-12-4-3-7-24-18(12)26(15)11-25-19(27)17-22-8-9-23-17/h1-10,16H,11H2,(H,22,23)(H,25,27). The molecule has 0 spiro atoms. The maximum absolute atomic E-state index is 13.5. The number of H-pyrrole nitrogens is 1. The molecular formula is C19H15F2N5O. The average Bonchev–Trinajstić information content (AvgIpc) is 3.34. The molecule has 1 aromatic carbocycles. The van der Waals surface area contributed by atoms with Gasteiger partial charge >= 0.3 is 0 Å². The zero-order chi connectivity index (χ0) is 18.8. The Bertz CT molecular complexity index is 1090. The van der Waals surface area contributed by atoms with Crippen LogP contribution < -0.4 is 5.32 Å². The summed E-state index contributed by atoms with van der Waals surface area (Å²) in [5, 5.41) is 3.54. The summed E-state index contributed by atoms with van der Waals surface area (Å²) in [7, 11) is 0. The number of hydrogen-bond acceptors (Lipinski definition) is 3. The first-order valence-electron chi connectivity index (χ1n) is 8.24. The SMILES string of the molecule is O=C(NCn1c(-c2ccccc2C(F)F)cc2cccnc21)c1ncc[nH]1. The topological polar surface area (TPSA) is 75.6 Å². The highest BCUT2D eigenvalue weighted by molar-refractivity contribution is 5.90. The van der Waals surface area contributed by atoms with Gasteiger partial charge in [-0.25, -0.2) is 18.7 Å². The molecule has 0 radical (unpaired) electrons. The van der Waals surface area contributed by atoms with Crippen LogP contribution in [0.25, 0.3) is 22.3 Å². The molecule has 2 N–H and O–H groups in total. The van der Waals surface area contributed by atoms with Crippen LogP contribution in [0.3, 0.4) is 0 Å². The van der Waals surface area contributed by atoms with E-state index in [2.05, 4.69) is 20.3 Å². The molecule has 6 nitrogen and oxygen atoms in total. The van der Waals surface area contributed by atoms with Gasteiger partial charge in [0.2, 0.25) is 0 Å². The van der Waals surface area contributed by atoms with Crippen molar-refractivity contribution in [1.29, 1.82) is 0 Å². The van der Waals surface area contributed by atoms with Gasteiger partial charge < -0.3 is 14.9 Å². The van der Waals surface area contributed by atoms with E-state index in [4.69, 9.17) is 0 Å². The second-order valence-corrected chi connectivity index (χ2v) is 5.86. The Hall–Kier alpha value is -3.55. The number of carbonyl (C=O) groups excluding carboxylic acids is 1. The Morgan fingerprint density at radius 3 is 2.78 bits per heavy atom. The second-order valence-electron chi connectivity index (χ2n) is 5.86. The number of amides is 1. The number of imidazole rings is 1. The van der Waals surface area contributed by atoms with E-state index in [1.54, 1.807) is 47.3 Å². The van der Waals surface area contributed by atoms with E-state index in [1.807, 2.05) is 6.07 Å². The molecule has 8 heteroatoms. The summed E-state index contributed by atoms with van der Waals surface area (Å²) in [5.41, 5.74) is 1.48. The molecule has 0 saturated heterocycles. The normalized spacial score (nSPS) is 11.2. The molecule has 0 unspecified atom stereocenters. The van der Waals surface area contributed by atoms with Crippen LogP contribution in [0.15, 0.2) is 61.1 Å². The molecule has 136 valence electrons. The minimum absolute atomic E-state index is 0.0625. The summed E-state index contributed by atoms with van der Waals surface area (Å²) in [6, 6.07) is 11.7. The van der Waals surface area contributed by atoms with Gasteiger partial charge in [-0.15, -0.1) is 0 Å². The molecule has 1 amide bonds. The number of alkyl halides is 2. The summed E-state index contributed by atoms with van der Waals surface area (Å²) in [5.74, 6) is -0.222. The highest BCUT2D eigenvalue weighted by Crippen LogP contribution is 2.33. The molecule has 0 aliphatic rings. The first kappa shape index (κ1) is 16.9. The maximum atomic E-state index is 13.5. The summed E-state index contributed by atoms with van der Waals surface area (Å²) >= 11 is 0. The van der Waals surface area contributed by atoms with Gasteiger partial charge in [-0.05, 0) is 18.2 Å². The number of aromatic amines is 1. The highest BCUT2D eigenvalue weighted by Gasteiger charge is 2.19. The number of carbonyl (C=O) groups is 1. The molecule has 3 heterocycles. The summed E-state index contributed by atoms with van der Waals surface area (Å²) < 4.78 is 28.7. The molecule has 0 fully saturated rings. The number of halogens is 2. The number of nitrogens with one attached hydrogen (secondary N) is 2. The van der Waals surface area contributed by atoms with Crippen LogP contribution in [0.1, 0.15) is 22.6 Å². The minimum atomic E-state index is -2.61. The predicted molar refractivity (Wildman–Crippen MR) is 96.2 cm³/mol. The van der Waals surface area contributed by atoms with Crippen LogP contribution in [-0.2, 0) is 6.67 Å². The Morgan fingerprint density at radius 2 is 2.00 bits per heavy atom. The molecular weight excluding hydrogens is 352 g/mol. The third-order valence-electron chi connectivity index (χ3n) is 4.24. The zero-order valence-electron chi connectivity index (χ0n) is 14.1. The van der Waals surface area contributed by atoms with Crippen LogP contribution in [0.5, 0.6) is 0 Å². The maximum Gasteiger partial charge on any atom is 0.288 e. The van der Waals surface area contributed by atoms with Gasteiger partial charge in [0.15, 0.2) is 5.82 Å². The number of nitrogens with zero attached hydrogens (tertiary/aromatic N) is 3. The van der Waals surface area contributed by atoms with E-state index in [1.165, 1.54) is 12.3 Å². The van der Waals surface area contributed by atoms with E-state index in [9.17, 15) is 13.6 Å². The molecule has 27 heavy (non-hydrogen) atoms. The van der Waals surface area contributed by atoms with Gasteiger partial charge in [-0.3, -0.25) is 4.79 Å². The van der Waals surface area contributed by atoms with Crippen LogP contribution in [0, 0.1) is 0 Å². The van der Waals surface area contributed by atoms with Crippen molar-refractivity contribution in [2.75, 3.05) is 0 Å². The van der Waals surface area contributed by atoms with Crippen LogP contribution in [0.2, 0.25) is 0 Å². The second kappa shape index (κ2) is 6.99. The fourth-order valence-corrected chi connectivity index (χ4v) is 3.01. The van der Waals surface area contributed by atoms with Crippen molar-refractivity contribution in [2.24, 2.45) is 0 Å². The first-order chi connectivity index (χ1) is 13.1. The number of hydrogen-bond donors (Lipinski definition) is 2. The third-order valence-corrected chi connectivity index (χ3v) is 4.24. The van der Waals surface area contributed by atoms with E-state index < -0.39 is 12.3 Å². The van der Waals surface area contributed by atoms with E-state index in [-0.39, 0.29) is 18.1 Å². The number of aromatic nitrogens is 4. The van der Waals surface area contributed by atoms with Crippen molar-refractivity contribution in [3.05, 3.63) is 72.4 Å². The van der Waals surface area contributed by atoms with Crippen molar-refractivity contribution in [2.45, 2.75) is 13.1 Å². The van der Waals surface area contributed by atoms with Crippen molar-refractivity contribution in [3.63, 3.8) is 0 Å². The largest absolute Gasteiger partial charge is 0.341 e. The number of fused-ring (bicyclic) bond motifs is 1. The fourth-order valence-electron chi connectivity index (χ4n) is 3.01. The van der Waals surface area contributed by atoms with Crippen molar-refractivity contribution >= 4 is 16.9 Å². The molecule has 3 aromatic heterocycles. The Balaban J connectivity index is 1.77. The minimum Gasteiger partial charge on any atom is -0.341 e. The highest BCUT2D eigenvalue weighted by atomic mass is 19.3. The van der Waals surface area contributed by atoms with Gasteiger partial charge in [0.25, 0.3) is 12.3 Å². The smallest absolute Gasteiger partial charge is 0.288 e. The van der Waals surface area contributed by atoms with E-state index >= 15 is 0 Å². The van der Waals surface area contributed by atoms with Gasteiger partial charge in [-0.2, -0.15) is 0 Å². The molecule has 0 saturated carbocycles.